The molecular formula is C18H22N4O3S. The third-order valence-electron chi connectivity index (χ3n) is 3.83. The highest BCUT2D eigenvalue weighted by Crippen LogP contribution is 2.20. The summed E-state index contributed by atoms with van der Waals surface area (Å²) in [5, 5.41) is 19.4. The van der Waals surface area contributed by atoms with Crippen LogP contribution in [-0.4, -0.2) is 45.7 Å². The zero-order valence-corrected chi connectivity index (χ0v) is 15.4. The quantitative estimate of drug-likeness (QED) is 0.375. The van der Waals surface area contributed by atoms with Crippen molar-refractivity contribution in [2.24, 2.45) is 4.99 Å². The zero-order chi connectivity index (χ0) is 19.1. The Labute approximate surface area is 156 Å². The average Bonchev–Trinajstić information content (AvgIpc) is 2.63. The first kappa shape index (κ1) is 19.6. The van der Waals surface area contributed by atoms with Gasteiger partial charge >= 0.3 is 0 Å². The van der Waals surface area contributed by atoms with Crippen LogP contribution in [0.25, 0.3) is 0 Å². The summed E-state index contributed by atoms with van der Waals surface area (Å²) < 4.78 is 1.49. The molecule has 7 nitrogen and oxygen atoms in total. The highest BCUT2D eigenvalue weighted by atomic mass is 32.1. The van der Waals surface area contributed by atoms with Gasteiger partial charge in [0.1, 0.15) is 5.56 Å². The van der Waals surface area contributed by atoms with Crippen LogP contribution < -0.4 is 10.5 Å². The summed E-state index contributed by atoms with van der Waals surface area (Å²) in [6.45, 7) is 7.31. The Hall–Kier alpha value is -2.71. The van der Waals surface area contributed by atoms with Crippen molar-refractivity contribution >= 4 is 29.8 Å². The Kier molecular flexibility index (Phi) is 6.88. The van der Waals surface area contributed by atoms with Gasteiger partial charge in [-0.15, -0.1) is 6.58 Å². The Morgan fingerprint density at radius 3 is 2.65 bits per heavy atom. The molecule has 1 aromatic carbocycles. The summed E-state index contributed by atoms with van der Waals surface area (Å²) in [6, 6.07) is 7.38. The van der Waals surface area contributed by atoms with Crippen LogP contribution in [0.4, 0.5) is 11.4 Å². The molecule has 0 fully saturated rings. The highest BCUT2D eigenvalue weighted by Gasteiger charge is 2.10. The van der Waals surface area contributed by atoms with E-state index in [9.17, 15) is 9.90 Å². The zero-order valence-electron chi connectivity index (χ0n) is 14.6. The van der Waals surface area contributed by atoms with E-state index in [0.29, 0.717) is 12.2 Å². The summed E-state index contributed by atoms with van der Waals surface area (Å²) in [6.07, 6.45) is 2.88. The molecule has 138 valence electrons. The number of anilines is 1. The number of likely N-dealkylation sites (N-methyl/N-ethyl adjacent to an activating group) is 1. The average molecular weight is 374 g/mol. The topological polar surface area (TPSA) is 93.8 Å². The molecule has 0 aliphatic rings. The Bertz CT molecular complexity index is 900. The number of aromatic amines is 1. The van der Waals surface area contributed by atoms with Crippen molar-refractivity contribution in [3.8, 4) is 5.88 Å². The molecule has 1 aromatic heterocycles. The normalized spacial score (nSPS) is 11.0. The second-order valence-corrected chi connectivity index (χ2v) is 5.86. The van der Waals surface area contributed by atoms with Crippen molar-refractivity contribution in [3.63, 3.8) is 0 Å². The molecule has 1 heterocycles. The molecule has 0 aliphatic heterocycles. The summed E-state index contributed by atoms with van der Waals surface area (Å²) in [5.74, 6) is -0.251. The number of allylic oxidation sites excluding steroid dienone is 1. The van der Waals surface area contributed by atoms with Gasteiger partial charge in [0, 0.05) is 31.5 Å². The number of benzene rings is 1. The minimum atomic E-state index is -0.506. The number of aliphatic hydroxyl groups excluding tert-OH is 1. The fourth-order valence-electron chi connectivity index (χ4n) is 2.47. The van der Waals surface area contributed by atoms with Crippen LogP contribution in [0.2, 0.25) is 0 Å². The van der Waals surface area contributed by atoms with Gasteiger partial charge in [-0.3, -0.25) is 19.3 Å². The van der Waals surface area contributed by atoms with Gasteiger partial charge in [-0.25, -0.2) is 0 Å². The number of rotatable bonds is 8. The van der Waals surface area contributed by atoms with E-state index in [4.69, 9.17) is 17.3 Å². The highest BCUT2D eigenvalue weighted by molar-refractivity contribution is 7.71. The maximum Gasteiger partial charge on any atom is 0.264 e. The van der Waals surface area contributed by atoms with E-state index >= 15 is 0 Å². The second kappa shape index (κ2) is 9.12. The van der Waals surface area contributed by atoms with Gasteiger partial charge in [0.2, 0.25) is 5.88 Å². The fraction of sp³-hybridized carbons (Fsp3) is 0.278. The molecule has 0 bridgehead atoms. The molecular weight excluding hydrogens is 352 g/mol. The maximum atomic E-state index is 12.0. The van der Waals surface area contributed by atoms with E-state index < -0.39 is 5.56 Å². The summed E-state index contributed by atoms with van der Waals surface area (Å²) in [7, 11) is 0. The number of aliphatic imine (C=N–C) groups is 1. The molecule has 2 rings (SSSR count). The van der Waals surface area contributed by atoms with Gasteiger partial charge in [-0.1, -0.05) is 6.08 Å². The second-order valence-electron chi connectivity index (χ2n) is 5.47. The summed E-state index contributed by atoms with van der Waals surface area (Å²) in [5.41, 5.74) is 1.12. The first-order chi connectivity index (χ1) is 12.5. The molecule has 0 atom stereocenters. The summed E-state index contributed by atoms with van der Waals surface area (Å²) in [4.78, 5) is 20.8. The standard InChI is InChI=1S/C18H22N4O3S/c1-3-9-22-17(25)15(16(24)20-18(22)26)12-19-13-5-7-14(8-6-13)21(4-2)10-11-23/h3,5-8,12,23,25H,1,4,9-11H2,2H3,(H,20,24,26). The minimum absolute atomic E-state index is 0.0278. The molecule has 0 spiro atoms. The summed E-state index contributed by atoms with van der Waals surface area (Å²) >= 11 is 5.03. The number of aromatic hydroxyl groups is 1. The lowest BCUT2D eigenvalue weighted by atomic mass is 10.2. The minimum Gasteiger partial charge on any atom is -0.494 e. The molecule has 0 radical (unpaired) electrons. The van der Waals surface area contributed by atoms with Crippen LogP contribution in [0.3, 0.4) is 0 Å². The lowest BCUT2D eigenvalue weighted by molar-refractivity contribution is 0.302. The molecule has 3 N–H and O–H groups in total. The largest absolute Gasteiger partial charge is 0.494 e. The van der Waals surface area contributed by atoms with Crippen LogP contribution in [-0.2, 0) is 6.54 Å². The number of aromatic nitrogens is 2. The predicted molar refractivity (Wildman–Crippen MR) is 106 cm³/mol. The molecule has 0 amide bonds. The SMILES string of the molecule is C=CCn1c(O)c(C=Nc2ccc(N(CC)CCO)cc2)c(=O)[nH]c1=S. The molecule has 0 saturated carbocycles. The van der Waals surface area contributed by atoms with Gasteiger partial charge in [-0.05, 0) is 43.4 Å². The Morgan fingerprint density at radius 1 is 1.38 bits per heavy atom. The third-order valence-corrected chi connectivity index (χ3v) is 4.15. The number of hydrogen-bond donors (Lipinski definition) is 3. The van der Waals surface area contributed by atoms with Crippen molar-refractivity contribution < 1.29 is 10.2 Å². The van der Waals surface area contributed by atoms with E-state index in [1.165, 1.54) is 10.8 Å². The van der Waals surface area contributed by atoms with Crippen molar-refractivity contribution in [2.75, 3.05) is 24.6 Å². The van der Waals surface area contributed by atoms with E-state index in [1.807, 2.05) is 24.0 Å². The molecule has 0 aliphatic carbocycles. The van der Waals surface area contributed by atoms with Crippen LogP contribution in [0.15, 0.2) is 46.7 Å². The third kappa shape index (κ3) is 4.47. The van der Waals surface area contributed by atoms with Gasteiger partial charge in [0.25, 0.3) is 5.56 Å². The van der Waals surface area contributed by atoms with Crippen LogP contribution in [0, 0.1) is 4.77 Å². The van der Waals surface area contributed by atoms with E-state index in [2.05, 4.69) is 16.6 Å². The number of aliphatic hydroxyl groups is 1. The number of H-pyrrole nitrogens is 1. The molecule has 26 heavy (non-hydrogen) atoms. The Morgan fingerprint density at radius 2 is 2.08 bits per heavy atom. The maximum absolute atomic E-state index is 12.0. The van der Waals surface area contributed by atoms with Crippen molar-refractivity contribution in [2.45, 2.75) is 13.5 Å². The predicted octanol–water partition coefficient (Wildman–Crippen LogP) is 2.37. The van der Waals surface area contributed by atoms with E-state index in [1.54, 1.807) is 18.2 Å². The lowest BCUT2D eigenvalue weighted by Gasteiger charge is -2.21. The van der Waals surface area contributed by atoms with E-state index in [-0.39, 0.29) is 29.4 Å². The monoisotopic (exact) mass is 374 g/mol. The van der Waals surface area contributed by atoms with Crippen LogP contribution in [0.1, 0.15) is 12.5 Å². The first-order valence-electron chi connectivity index (χ1n) is 8.18. The van der Waals surface area contributed by atoms with Crippen molar-refractivity contribution in [3.05, 3.63) is 57.6 Å². The van der Waals surface area contributed by atoms with Crippen LogP contribution >= 0.6 is 12.2 Å². The molecule has 8 heteroatoms. The van der Waals surface area contributed by atoms with Gasteiger partial charge in [0.05, 0.1) is 12.3 Å². The number of nitrogens with zero attached hydrogens (tertiary/aromatic N) is 3. The lowest BCUT2D eigenvalue weighted by Crippen LogP contribution is -2.25. The van der Waals surface area contributed by atoms with Gasteiger partial charge < -0.3 is 15.1 Å². The van der Waals surface area contributed by atoms with Crippen molar-refractivity contribution in [1.82, 2.24) is 9.55 Å². The van der Waals surface area contributed by atoms with E-state index in [0.717, 1.165) is 12.2 Å². The molecule has 0 unspecified atom stereocenters. The fourth-order valence-corrected chi connectivity index (χ4v) is 2.72. The number of hydrogen-bond acceptors (Lipinski definition) is 6. The molecule has 2 aromatic rings. The number of nitrogens with one attached hydrogen (secondary N) is 1. The van der Waals surface area contributed by atoms with Gasteiger partial charge in [-0.2, -0.15) is 0 Å². The van der Waals surface area contributed by atoms with Crippen molar-refractivity contribution in [1.29, 1.82) is 0 Å². The first-order valence-corrected chi connectivity index (χ1v) is 8.59. The molecule has 0 saturated heterocycles. The van der Waals surface area contributed by atoms with Crippen LogP contribution in [0.5, 0.6) is 5.88 Å². The Balaban J connectivity index is 2.30. The van der Waals surface area contributed by atoms with Gasteiger partial charge in [0.15, 0.2) is 4.77 Å². The smallest absolute Gasteiger partial charge is 0.264 e.